The summed E-state index contributed by atoms with van der Waals surface area (Å²) in [5, 5.41) is 267. The molecule has 1 radical (unpaired) electrons. The van der Waals surface area contributed by atoms with Gasteiger partial charge in [0, 0.05) is 0 Å². The van der Waals surface area contributed by atoms with Crippen molar-refractivity contribution < 1.29 is 211 Å². The number of hydrogen-bond donors (Lipinski definition) is 25. The van der Waals surface area contributed by atoms with E-state index in [4.69, 9.17) is 128 Å². The van der Waals surface area contributed by atoms with Gasteiger partial charge in [-0.3, -0.25) is 0 Å². The van der Waals surface area contributed by atoms with E-state index in [9.17, 15) is 49.5 Å². The van der Waals surface area contributed by atoms with Gasteiger partial charge in [-0.2, -0.15) is 0 Å². The molecule has 25 N–H and O–H groups in total. The van der Waals surface area contributed by atoms with Gasteiger partial charge in [0.05, 0.1) is 62.9 Å². The molecule has 0 bridgehead atoms. The molecule has 67 heavy (non-hydrogen) atoms. The number of aliphatic carboxylic acids is 5. The van der Waals surface area contributed by atoms with Gasteiger partial charge < -0.3 is 177 Å². The molecule has 0 saturated heterocycles. The molecule has 0 heterocycles. The van der Waals surface area contributed by atoms with Crippen LogP contribution in [-0.2, 0) is 58.1 Å². The Kier molecular flexibility index (Phi) is 48.3. The Balaban J connectivity index is -0.000000133. The maximum Gasteiger partial charge on any atom is 3.00 e. The largest absolute Gasteiger partial charge is 3.00 e. The second-order valence-electron chi connectivity index (χ2n) is 12.5. The molecule has 0 aromatic heterocycles. The zero-order valence-corrected chi connectivity index (χ0v) is 35.8. The van der Waals surface area contributed by atoms with Crippen molar-refractivity contribution in [2.75, 3.05) is 33.0 Å². The van der Waals surface area contributed by atoms with Crippen LogP contribution in [0.15, 0.2) is 0 Å². The SMILES string of the molecule is O=C([O-])[C@H](O)[C@@H](O)[C@H](O)[C@H](O)CO.O=C([O-])[C@H](O)[C@@H](O)[C@H](O)[C@H](O)CO.O=C([O-])[C@H](O)[C@@H](O)[C@H](O)[C@H](O)CO.O=C([O-])[C@H](O)[C@@H](O)[C@H](O)[C@H](O)CO.O=C([O-])[C@H](O)[C@@H](O)[C@H](O)[C@H](O)CO.[Fe+2].[Fe+3]. The van der Waals surface area contributed by atoms with Crippen LogP contribution >= 0.6 is 0 Å². The zero-order valence-electron chi connectivity index (χ0n) is 33.6. The van der Waals surface area contributed by atoms with E-state index in [1.165, 1.54) is 0 Å². The summed E-state index contributed by atoms with van der Waals surface area (Å²) in [5.41, 5.74) is 0. The van der Waals surface area contributed by atoms with Gasteiger partial charge in [-0.05, 0) is 0 Å². The predicted octanol–water partition coefficient (Wildman–Crippen LogP) is -24.1. The van der Waals surface area contributed by atoms with E-state index in [1.54, 1.807) is 0 Å². The molecule has 20 atom stereocenters. The van der Waals surface area contributed by atoms with Crippen molar-refractivity contribution in [1.82, 2.24) is 0 Å². The maximum atomic E-state index is 9.98. The summed E-state index contributed by atoms with van der Waals surface area (Å²) in [4.78, 5) is 49.9. The molecule has 35 nitrogen and oxygen atoms in total. The van der Waals surface area contributed by atoms with E-state index in [2.05, 4.69) is 0 Å². The Morgan fingerprint density at radius 3 is 0.403 bits per heavy atom. The molecule has 0 spiro atoms. The first-order valence-corrected chi connectivity index (χ1v) is 17.3. The summed E-state index contributed by atoms with van der Waals surface area (Å²) in [6.45, 7) is -4.32. The predicted molar refractivity (Wildman–Crippen MR) is 181 cm³/mol. The Morgan fingerprint density at radius 1 is 0.254 bits per heavy atom. The summed E-state index contributed by atoms with van der Waals surface area (Å²) in [6, 6.07) is 0. The van der Waals surface area contributed by atoms with Gasteiger partial charge in [0.25, 0.3) is 0 Å². The van der Waals surface area contributed by atoms with Crippen LogP contribution in [0, 0.1) is 0 Å². The molecule has 401 valence electrons. The van der Waals surface area contributed by atoms with Crippen molar-refractivity contribution in [3.05, 3.63) is 0 Å². The number of carbonyl (C=O) groups is 5. The molecule has 0 aliphatic carbocycles. The summed E-state index contributed by atoms with van der Waals surface area (Å²) < 4.78 is 0. The molecule has 0 amide bonds. The molecule has 0 rings (SSSR count). The van der Waals surface area contributed by atoms with Gasteiger partial charge in [-0.15, -0.1) is 0 Å². The van der Waals surface area contributed by atoms with Crippen LogP contribution in [0.4, 0.5) is 0 Å². The first kappa shape index (κ1) is 78.6. The van der Waals surface area contributed by atoms with Crippen molar-refractivity contribution in [2.45, 2.75) is 122 Å². The molecule has 0 fully saturated rings. The third-order valence-corrected chi connectivity index (χ3v) is 7.48. The molecule has 0 aliphatic heterocycles. The fourth-order valence-electron chi connectivity index (χ4n) is 3.31. The number of carboxylic acid groups (broad SMARTS) is 5. The first-order chi connectivity index (χ1) is 29.6. The monoisotopic (exact) mass is 1090 g/mol. The van der Waals surface area contributed by atoms with Crippen LogP contribution in [0.3, 0.4) is 0 Å². The van der Waals surface area contributed by atoms with Crippen molar-refractivity contribution in [2.24, 2.45) is 0 Å². The van der Waals surface area contributed by atoms with Crippen molar-refractivity contribution in [3.63, 3.8) is 0 Å². The summed E-state index contributed by atoms with van der Waals surface area (Å²) in [5.74, 6) is -9.88. The minimum atomic E-state index is -2.31. The van der Waals surface area contributed by atoms with Crippen LogP contribution in [0.1, 0.15) is 0 Å². The second-order valence-corrected chi connectivity index (χ2v) is 12.5. The molecular weight excluding hydrogens is 1030 g/mol. The van der Waals surface area contributed by atoms with Gasteiger partial charge in [-0.25, -0.2) is 0 Å². The number of aliphatic hydroxyl groups excluding tert-OH is 25. The van der Waals surface area contributed by atoms with Crippen molar-refractivity contribution >= 4 is 29.8 Å². The molecule has 0 saturated carbocycles. The third kappa shape index (κ3) is 31.3. The standard InChI is InChI=1S/5C6H12O7.2Fe/c5*7-1-2(8)3(9)4(10)5(11)6(12)13;;/h5*2-5,7-11H,1H2,(H,12,13);;/q;;;;;+2;+3/p-5/t5*2-,3-,4+,5-;;/m11111../s1. The van der Waals surface area contributed by atoms with E-state index in [-0.39, 0.29) is 34.1 Å². The molecule has 0 aromatic rings. The van der Waals surface area contributed by atoms with E-state index in [0.29, 0.717) is 0 Å². The van der Waals surface area contributed by atoms with E-state index < -0.39 is 185 Å². The Labute approximate surface area is 395 Å². The smallest absolute Gasteiger partial charge is 0.547 e. The average Bonchev–Trinajstić information content (AvgIpc) is 3.28. The van der Waals surface area contributed by atoms with Crippen molar-refractivity contribution in [3.8, 4) is 0 Å². The summed E-state index contributed by atoms with van der Waals surface area (Å²) in [7, 11) is 0. The number of rotatable bonds is 25. The minimum absolute atomic E-state index is 0. The number of carbonyl (C=O) groups excluding carboxylic acids is 5. The Bertz CT molecular complexity index is 1090. The number of hydrogen-bond acceptors (Lipinski definition) is 35. The third-order valence-electron chi connectivity index (χ3n) is 7.48. The van der Waals surface area contributed by atoms with Crippen LogP contribution in [0.5, 0.6) is 0 Å². The van der Waals surface area contributed by atoms with Gasteiger partial charge >= 0.3 is 34.1 Å². The van der Waals surface area contributed by atoms with Crippen molar-refractivity contribution in [1.29, 1.82) is 0 Å². The second kappa shape index (κ2) is 41.2. The van der Waals surface area contributed by atoms with E-state index in [1.807, 2.05) is 0 Å². The maximum absolute atomic E-state index is 9.98. The number of carboxylic acids is 5. The molecule has 0 unspecified atom stereocenters. The summed E-state index contributed by atoms with van der Waals surface area (Å²) >= 11 is 0. The van der Waals surface area contributed by atoms with Gasteiger partial charge in [0.2, 0.25) is 0 Å². The molecular formula is C30H55Fe2O35. The van der Waals surface area contributed by atoms with Crippen LogP contribution < -0.4 is 25.5 Å². The number of aliphatic hydroxyl groups is 25. The minimum Gasteiger partial charge on any atom is -0.547 e. The molecule has 0 aliphatic rings. The average molecular weight is 1090 g/mol. The van der Waals surface area contributed by atoms with E-state index in [0.717, 1.165) is 0 Å². The van der Waals surface area contributed by atoms with E-state index >= 15 is 0 Å². The van der Waals surface area contributed by atoms with Gasteiger partial charge in [0.15, 0.2) is 0 Å². The van der Waals surface area contributed by atoms with Crippen LogP contribution in [-0.4, -0.2) is 313 Å². The van der Waals surface area contributed by atoms with Crippen LogP contribution in [0.25, 0.3) is 0 Å². The fraction of sp³-hybridized carbons (Fsp3) is 0.833. The van der Waals surface area contributed by atoms with Gasteiger partial charge in [-0.1, -0.05) is 0 Å². The molecule has 0 aromatic carbocycles. The summed E-state index contributed by atoms with van der Waals surface area (Å²) in [6.07, 6.45) is -40.4. The Morgan fingerprint density at radius 2 is 0.343 bits per heavy atom. The fourth-order valence-corrected chi connectivity index (χ4v) is 3.31. The molecule has 37 heteroatoms. The van der Waals surface area contributed by atoms with Gasteiger partial charge in [0.1, 0.15) is 122 Å². The first-order valence-electron chi connectivity index (χ1n) is 17.3. The Hall–Kier alpha value is -2.61. The topological polar surface area (TPSA) is 706 Å². The van der Waals surface area contributed by atoms with Crippen LogP contribution in [0.2, 0.25) is 0 Å². The normalized spacial score (nSPS) is 19.8. The quantitative estimate of drug-likeness (QED) is 0.0378. The zero-order chi connectivity index (χ0) is 53.0.